The van der Waals surface area contributed by atoms with Crippen molar-refractivity contribution >= 4 is 26.2 Å². The third-order valence-electron chi connectivity index (χ3n) is 4.50. The Bertz CT molecular complexity index is 1180. The third-order valence-corrected chi connectivity index (χ3v) is 8.59. The van der Waals surface area contributed by atoms with Crippen molar-refractivity contribution in [1.82, 2.24) is 0 Å². The highest BCUT2D eigenvalue weighted by Gasteiger charge is 2.86. The molecule has 2 rings (SSSR count). The Morgan fingerprint density at radius 1 is 0.771 bits per heavy atom. The van der Waals surface area contributed by atoms with Gasteiger partial charge in [-0.1, -0.05) is 54.6 Å². The molecule has 0 saturated carbocycles. The molecule has 4 nitrogen and oxygen atoms in total. The van der Waals surface area contributed by atoms with Gasteiger partial charge in [-0.15, -0.1) is 10.3 Å². The van der Waals surface area contributed by atoms with Crippen molar-refractivity contribution in [3.05, 3.63) is 71.3 Å². The van der Waals surface area contributed by atoms with E-state index < -0.39 is 55.2 Å². The molecular formula is C20H17F9O4S2. The van der Waals surface area contributed by atoms with Crippen LogP contribution in [0, 0.1) is 0 Å². The number of ketones is 1. The van der Waals surface area contributed by atoms with Crippen LogP contribution in [0.5, 0.6) is 0 Å². The minimum Gasteiger partial charge on any atom is -0.289 e. The Balaban J connectivity index is 2.40. The SMILES string of the molecule is CS(C)(Cc1ccccc1C(=O)c1ccccc1)OS(=O)(=O)C(F)(F)C(F)(F)C(F)(F)C(F)(F)F. The second-order valence-electron chi connectivity index (χ2n) is 7.62. The maximum Gasteiger partial charge on any atom is 0.460 e. The van der Waals surface area contributed by atoms with Crippen LogP contribution in [0.1, 0.15) is 21.5 Å². The number of hydrogen-bond donors (Lipinski definition) is 0. The average molecular weight is 556 g/mol. The van der Waals surface area contributed by atoms with Gasteiger partial charge in [0.1, 0.15) is 0 Å². The van der Waals surface area contributed by atoms with Crippen LogP contribution in [0.25, 0.3) is 0 Å². The molecule has 0 radical (unpaired) electrons. The molecule has 15 heteroatoms. The minimum absolute atomic E-state index is 0.0269. The quantitative estimate of drug-likeness (QED) is 0.274. The Hall–Kier alpha value is -2.26. The van der Waals surface area contributed by atoms with Crippen molar-refractivity contribution in [3.63, 3.8) is 0 Å². The molecule has 0 heterocycles. The van der Waals surface area contributed by atoms with Crippen molar-refractivity contribution in [2.45, 2.75) is 29.0 Å². The standard InChI is InChI=1S/C20H17F9O4S2/c1-34(2,12-14-10-6-7-11-15(14)16(30)13-8-4-3-5-9-13)33-35(31,32)20(28,29)18(23,24)17(21,22)19(25,26)27/h3-11H,12H2,1-2H3. The molecule has 0 aromatic heterocycles. The largest absolute Gasteiger partial charge is 0.460 e. The van der Waals surface area contributed by atoms with Crippen molar-refractivity contribution in [3.8, 4) is 0 Å². The van der Waals surface area contributed by atoms with E-state index in [4.69, 9.17) is 0 Å². The fraction of sp³-hybridized carbons (Fsp3) is 0.350. The molecule has 0 amide bonds. The fourth-order valence-corrected chi connectivity index (χ4v) is 6.73. The van der Waals surface area contributed by atoms with Crippen LogP contribution in [0.2, 0.25) is 0 Å². The summed E-state index contributed by atoms with van der Waals surface area (Å²) in [4.78, 5) is 12.8. The highest BCUT2D eigenvalue weighted by atomic mass is 32.3. The van der Waals surface area contributed by atoms with E-state index in [0.717, 1.165) is 12.5 Å². The molecule has 0 saturated heterocycles. The summed E-state index contributed by atoms with van der Waals surface area (Å²) in [6.45, 7) is 0. The lowest BCUT2D eigenvalue weighted by Gasteiger charge is -2.36. The molecule has 0 fully saturated rings. The van der Waals surface area contributed by atoms with Crippen LogP contribution in [-0.4, -0.2) is 50.0 Å². The van der Waals surface area contributed by atoms with Crippen molar-refractivity contribution in [1.29, 1.82) is 0 Å². The first-order valence-corrected chi connectivity index (χ1v) is 13.2. The zero-order valence-electron chi connectivity index (χ0n) is 17.8. The predicted molar refractivity (Wildman–Crippen MR) is 110 cm³/mol. The maximum atomic E-state index is 14.0. The number of hydrogen-bond acceptors (Lipinski definition) is 4. The highest BCUT2D eigenvalue weighted by Crippen LogP contribution is 2.57. The van der Waals surface area contributed by atoms with Gasteiger partial charge in [-0.3, -0.25) is 4.79 Å². The smallest absolute Gasteiger partial charge is 0.289 e. The summed E-state index contributed by atoms with van der Waals surface area (Å²) >= 11 is 0. The van der Waals surface area contributed by atoms with E-state index >= 15 is 0 Å². The maximum absolute atomic E-state index is 14.0. The molecule has 0 aliphatic heterocycles. The Morgan fingerprint density at radius 2 is 1.26 bits per heavy atom. The lowest BCUT2D eigenvalue weighted by molar-refractivity contribution is -0.382. The van der Waals surface area contributed by atoms with Gasteiger partial charge in [0.15, 0.2) is 5.78 Å². The summed E-state index contributed by atoms with van der Waals surface area (Å²) < 4.78 is 146. The summed E-state index contributed by atoms with van der Waals surface area (Å²) in [5, 5.41) is -6.96. The highest BCUT2D eigenvalue weighted by molar-refractivity contribution is 8.31. The van der Waals surface area contributed by atoms with E-state index in [1.165, 1.54) is 36.4 Å². The van der Waals surface area contributed by atoms with Gasteiger partial charge in [0.25, 0.3) is 0 Å². The summed E-state index contributed by atoms with van der Waals surface area (Å²) in [5.74, 6) is -16.0. The van der Waals surface area contributed by atoms with Gasteiger partial charge in [0, 0.05) is 16.9 Å². The molecular weight excluding hydrogens is 539 g/mol. The van der Waals surface area contributed by atoms with E-state index in [1.54, 1.807) is 18.2 Å². The van der Waals surface area contributed by atoms with Gasteiger partial charge in [-0.25, -0.2) is 3.63 Å². The first kappa shape index (κ1) is 29.0. The lowest BCUT2D eigenvalue weighted by atomic mass is 9.99. The molecule has 0 bridgehead atoms. The minimum atomic E-state index is -7.40. The zero-order valence-corrected chi connectivity index (χ0v) is 19.4. The topological polar surface area (TPSA) is 60.4 Å². The first-order chi connectivity index (χ1) is 15.7. The van der Waals surface area contributed by atoms with Gasteiger partial charge in [-0.05, 0) is 18.1 Å². The van der Waals surface area contributed by atoms with Crippen LogP contribution in [-0.2, 0) is 19.5 Å². The number of benzene rings is 2. The summed E-state index contributed by atoms with van der Waals surface area (Å²) in [6.07, 6.45) is -5.45. The third kappa shape index (κ3) is 5.45. The van der Waals surface area contributed by atoms with Crippen molar-refractivity contribution in [2.24, 2.45) is 0 Å². The molecule has 0 unspecified atom stereocenters. The zero-order chi connectivity index (χ0) is 27.1. The summed E-state index contributed by atoms with van der Waals surface area (Å²) in [6, 6.07) is 13.0. The van der Waals surface area contributed by atoms with Crippen LogP contribution in [0.4, 0.5) is 39.5 Å². The lowest BCUT2D eigenvalue weighted by Crippen LogP contribution is -2.63. The Labute approximate surface area is 195 Å². The second-order valence-corrected chi connectivity index (χ2v) is 12.7. The number of carbonyl (C=O) groups is 1. The number of carbonyl (C=O) groups excluding carboxylic acids is 1. The molecule has 0 aliphatic carbocycles. The van der Waals surface area contributed by atoms with Crippen LogP contribution in [0.15, 0.2) is 54.6 Å². The molecule has 0 N–H and O–H groups in total. The summed E-state index contributed by atoms with van der Waals surface area (Å²) in [5.41, 5.74) is 0.204. The molecule has 196 valence electrons. The van der Waals surface area contributed by atoms with Gasteiger partial charge >= 0.3 is 33.4 Å². The van der Waals surface area contributed by atoms with Gasteiger partial charge < -0.3 is 0 Å². The van der Waals surface area contributed by atoms with E-state index in [0.29, 0.717) is 0 Å². The molecule has 35 heavy (non-hydrogen) atoms. The summed E-state index contributed by atoms with van der Waals surface area (Å²) in [7, 11) is -10.5. The molecule has 2 aromatic rings. The van der Waals surface area contributed by atoms with Gasteiger partial charge in [0.05, 0.1) is 0 Å². The Kier molecular flexibility index (Phi) is 7.71. The number of halogens is 9. The normalized spacial score (nSPS) is 14.6. The average Bonchev–Trinajstić information content (AvgIpc) is 2.72. The Morgan fingerprint density at radius 3 is 1.77 bits per heavy atom. The number of alkyl halides is 9. The molecule has 2 aromatic carbocycles. The van der Waals surface area contributed by atoms with Crippen molar-refractivity contribution in [2.75, 3.05) is 12.5 Å². The van der Waals surface area contributed by atoms with E-state index in [2.05, 4.69) is 3.63 Å². The molecule has 0 aliphatic rings. The monoisotopic (exact) mass is 556 g/mol. The predicted octanol–water partition coefficient (Wildman–Crippen LogP) is 6.17. The van der Waals surface area contributed by atoms with Crippen LogP contribution >= 0.6 is 10.3 Å². The first-order valence-electron chi connectivity index (χ1n) is 9.22. The van der Waals surface area contributed by atoms with E-state index in [9.17, 15) is 52.7 Å². The van der Waals surface area contributed by atoms with Crippen LogP contribution in [0.3, 0.4) is 0 Å². The second kappa shape index (κ2) is 9.32. The molecule has 0 spiro atoms. The van der Waals surface area contributed by atoms with Gasteiger partial charge in [-0.2, -0.15) is 47.9 Å². The van der Waals surface area contributed by atoms with E-state index in [-0.39, 0.29) is 16.7 Å². The van der Waals surface area contributed by atoms with Crippen molar-refractivity contribution < 1.29 is 56.4 Å². The van der Waals surface area contributed by atoms with Gasteiger partial charge in [0.2, 0.25) is 0 Å². The van der Waals surface area contributed by atoms with Crippen LogP contribution < -0.4 is 0 Å². The number of rotatable bonds is 9. The van der Waals surface area contributed by atoms with E-state index in [1.807, 2.05) is 0 Å². The molecule has 0 atom stereocenters. The fourth-order valence-electron chi connectivity index (χ4n) is 2.81.